The summed E-state index contributed by atoms with van der Waals surface area (Å²) in [4.78, 5) is 32.1. The van der Waals surface area contributed by atoms with Crippen LogP contribution in [0.1, 0.15) is 42.4 Å². The molecule has 0 amide bonds. The van der Waals surface area contributed by atoms with Gasteiger partial charge in [-0.25, -0.2) is 9.79 Å². The molecule has 1 aliphatic heterocycles. The van der Waals surface area contributed by atoms with E-state index >= 15 is 0 Å². The highest BCUT2D eigenvalue weighted by Crippen LogP contribution is 2.34. The Kier molecular flexibility index (Phi) is 7.18. The number of halogens is 2. The molecule has 0 spiro atoms. The Morgan fingerprint density at radius 2 is 1.82 bits per heavy atom. The van der Waals surface area contributed by atoms with Gasteiger partial charge >= 0.3 is 5.97 Å². The lowest BCUT2D eigenvalue weighted by Gasteiger charge is -2.25. The van der Waals surface area contributed by atoms with Crippen molar-refractivity contribution >= 4 is 46.6 Å². The number of fused-ring (bicyclic) bond motifs is 1. The van der Waals surface area contributed by atoms with Crippen molar-refractivity contribution in [2.75, 3.05) is 6.61 Å². The minimum Gasteiger partial charge on any atom is -0.463 e. The van der Waals surface area contributed by atoms with Crippen molar-refractivity contribution in [1.82, 2.24) is 9.13 Å². The average Bonchev–Trinajstić information content (AvgIpc) is 3.33. The minimum atomic E-state index is -0.748. The first-order chi connectivity index (χ1) is 18.2. The van der Waals surface area contributed by atoms with E-state index in [1.165, 1.54) is 11.3 Å². The lowest BCUT2D eigenvalue weighted by Crippen LogP contribution is -2.40. The number of aryl methyl sites for hydroxylation is 1. The number of nitrogens with zero attached hydrogens (tertiary/aromatic N) is 3. The normalized spacial score (nSPS) is 15.4. The minimum absolute atomic E-state index is 0.207. The van der Waals surface area contributed by atoms with Crippen molar-refractivity contribution in [2.45, 2.75) is 33.7 Å². The summed E-state index contributed by atoms with van der Waals surface area (Å²) in [5, 5.41) is 1.12. The van der Waals surface area contributed by atoms with Crippen LogP contribution in [0, 0.1) is 13.8 Å². The van der Waals surface area contributed by atoms with Crippen LogP contribution in [-0.2, 0) is 9.53 Å². The second-order valence-corrected chi connectivity index (χ2v) is 10.8. The Labute approximate surface area is 233 Å². The van der Waals surface area contributed by atoms with Gasteiger partial charge in [0.1, 0.15) is 6.04 Å². The van der Waals surface area contributed by atoms with Crippen LogP contribution in [-0.4, -0.2) is 21.7 Å². The van der Waals surface area contributed by atoms with Crippen molar-refractivity contribution in [1.29, 1.82) is 0 Å². The maximum Gasteiger partial charge on any atom is 0.338 e. The smallest absolute Gasteiger partial charge is 0.338 e. The molecule has 5 rings (SSSR count). The molecule has 2 aromatic heterocycles. The number of hydrogen-bond acceptors (Lipinski definition) is 5. The zero-order chi connectivity index (χ0) is 27.1. The molecular weight excluding hydrogens is 541 g/mol. The second kappa shape index (κ2) is 10.4. The first kappa shape index (κ1) is 26.2. The zero-order valence-corrected chi connectivity index (χ0v) is 23.6. The fourth-order valence-corrected chi connectivity index (χ4v) is 6.25. The van der Waals surface area contributed by atoms with Gasteiger partial charge in [0.15, 0.2) is 4.80 Å². The van der Waals surface area contributed by atoms with E-state index in [4.69, 9.17) is 27.9 Å². The van der Waals surface area contributed by atoms with Gasteiger partial charge in [-0.2, -0.15) is 0 Å². The topological polar surface area (TPSA) is 65.6 Å². The third-order valence-corrected chi connectivity index (χ3v) is 8.14. The van der Waals surface area contributed by atoms with Gasteiger partial charge in [-0.05, 0) is 81.3 Å². The summed E-state index contributed by atoms with van der Waals surface area (Å²) in [6.07, 6.45) is 1.88. The molecule has 3 heterocycles. The van der Waals surface area contributed by atoms with Crippen LogP contribution < -0.4 is 14.9 Å². The molecule has 194 valence electrons. The quantitative estimate of drug-likeness (QED) is 0.299. The number of aromatic nitrogens is 2. The summed E-state index contributed by atoms with van der Waals surface area (Å²) >= 11 is 13.9. The summed E-state index contributed by atoms with van der Waals surface area (Å²) in [7, 11) is 0. The molecule has 4 aromatic rings. The number of carbonyl (C=O) groups excluding carboxylic acids is 1. The fourth-order valence-electron chi connectivity index (χ4n) is 4.85. The lowest BCUT2D eigenvalue weighted by atomic mass is 9.96. The number of allylic oxidation sites excluding steroid dienone is 1. The predicted octanol–water partition coefficient (Wildman–Crippen LogP) is 5.51. The molecule has 9 heteroatoms. The number of esters is 1. The van der Waals surface area contributed by atoms with Gasteiger partial charge in [0.25, 0.3) is 5.56 Å². The van der Waals surface area contributed by atoms with E-state index in [9.17, 15) is 9.59 Å². The van der Waals surface area contributed by atoms with Crippen molar-refractivity contribution in [2.24, 2.45) is 4.99 Å². The van der Waals surface area contributed by atoms with E-state index in [0.717, 1.165) is 22.6 Å². The van der Waals surface area contributed by atoms with Gasteiger partial charge in [0.05, 0.1) is 22.4 Å². The molecule has 0 fully saturated rings. The molecule has 38 heavy (non-hydrogen) atoms. The van der Waals surface area contributed by atoms with E-state index in [1.807, 2.05) is 68.5 Å². The number of carbonyl (C=O) groups is 1. The Balaban J connectivity index is 1.70. The van der Waals surface area contributed by atoms with Gasteiger partial charge < -0.3 is 9.30 Å². The van der Waals surface area contributed by atoms with E-state index in [1.54, 1.807) is 24.5 Å². The van der Waals surface area contributed by atoms with Crippen LogP contribution in [0.25, 0.3) is 11.8 Å². The van der Waals surface area contributed by atoms with Crippen LogP contribution in [0.4, 0.5) is 0 Å². The Morgan fingerprint density at radius 1 is 1.11 bits per heavy atom. The van der Waals surface area contributed by atoms with Crippen molar-refractivity contribution in [3.8, 4) is 5.69 Å². The number of hydrogen-bond donors (Lipinski definition) is 0. The number of ether oxygens (including phenoxy) is 1. The highest BCUT2D eigenvalue weighted by Gasteiger charge is 2.34. The first-order valence-corrected chi connectivity index (χ1v) is 13.7. The second-order valence-electron chi connectivity index (χ2n) is 8.96. The molecule has 0 N–H and O–H groups in total. The van der Waals surface area contributed by atoms with Crippen molar-refractivity contribution in [3.63, 3.8) is 0 Å². The molecule has 1 atom stereocenters. The summed E-state index contributed by atoms with van der Waals surface area (Å²) < 4.78 is 9.53. The average molecular weight is 567 g/mol. The van der Waals surface area contributed by atoms with Gasteiger partial charge in [-0.15, -0.1) is 0 Å². The molecule has 0 saturated carbocycles. The first-order valence-electron chi connectivity index (χ1n) is 12.1. The zero-order valence-electron chi connectivity index (χ0n) is 21.3. The molecular formula is C29H25Cl2N3O3S. The van der Waals surface area contributed by atoms with Gasteiger partial charge in [-0.3, -0.25) is 9.36 Å². The van der Waals surface area contributed by atoms with Crippen LogP contribution in [0.15, 0.2) is 75.7 Å². The highest BCUT2D eigenvalue weighted by molar-refractivity contribution is 7.07. The fraction of sp³-hybridized carbons (Fsp3) is 0.207. The summed E-state index contributed by atoms with van der Waals surface area (Å²) in [6, 6.07) is 16.1. The van der Waals surface area contributed by atoms with E-state index in [0.29, 0.717) is 36.2 Å². The van der Waals surface area contributed by atoms with Crippen LogP contribution in [0.2, 0.25) is 10.0 Å². The molecule has 0 aliphatic carbocycles. The number of thiazole rings is 1. The SMILES string of the molecule is CCOC(=O)C1=C(C)N=c2sc(=Cc3cc(C)n(-c4ccc(Cl)cc4)c3C)c(=O)n2C1c1ccccc1Cl. The molecule has 6 nitrogen and oxygen atoms in total. The molecule has 1 aliphatic rings. The summed E-state index contributed by atoms with van der Waals surface area (Å²) in [6.45, 7) is 7.74. The standard InChI is InChI=1S/C29H25Cl2N3O3S/c1-5-37-28(36)25-17(3)32-29-34(26(25)22-8-6-7-9-23(22)31)27(35)24(38-29)15-19-14-16(2)33(18(19)4)21-12-10-20(30)11-13-21/h6-15,26H,5H2,1-4H3. The number of benzene rings is 2. The van der Waals surface area contributed by atoms with Gasteiger partial charge in [-0.1, -0.05) is 52.7 Å². The van der Waals surface area contributed by atoms with E-state index < -0.39 is 12.0 Å². The molecule has 0 radical (unpaired) electrons. The van der Waals surface area contributed by atoms with Crippen molar-refractivity contribution in [3.05, 3.63) is 118 Å². The Bertz CT molecular complexity index is 1780. The largest absolute Gasteiger partial charge is 0.463 e. The number of rotatable bonds is 5. The van der Waals surface area contributed by atoms with Gasteiger partial charge in [0, 0.05) is 27.1 Å². The van der Waals surface area contributed by atoms with Crippen LogP contribution in [0.5, 0.6) is 0 Å². The summed E-state index contributed by atoms with van der Waals surface area (Å²) in [5.74, 6) is -0.514. The molecule has 0 saturated heterocycles. The Morgan fingerprint density at radius 3 is 2.50 bits per heavy atom. The third-order valence-electron chi connectivity index (χ3n) is 6.56. The van der Waals surface area contributed by atoms with Crippen LogP contribution >= 0.6 is 34.5 Å². The van der Waals surface area contributed by atoms with Gasteiger partial charge in [0.2, 0.25) is 0 Å². The Hall–Kier alpha value is -3.39. The maximum atomic E-state index is 13.9. The van der Waals surface area contributed by atoms with Crippen LogP contribution in [0.3, 0.4) is 0 Å². The molecule has 0 bridgehead atoms. The maximum absolute atomic E-state index is 13.9. The predicted molar refractivity (Wildman–Crippen MR) is 152 cm³/mol. The van der Waals surface area contributed by atoms with Crippen molar-refractivity contribution < 1.29 is 9.53 Å². The van der Waals surface area contributed by atoms with E-state index in [2.05, 4.69) is 9.56 Å². The lowest BCUT2D eigenvalue weighted by molar-refractivity contribution is -0.139. The molecule has 1 unspecified atom stereocenters. The third kappa shape index (κ3) is 4.55. The van der Waals surface area contributed by atoms with E-state index in [-0.39, 0.29) is 12.2 Å². The monoisotopic (exact) mass is 565 g/mol. The highest BCUT2D eigenvalue weighted by atomic mass is 35.5. The summed E-state index contributed by atoms with van der Waals surface area (Å²) in [5.41, 5.74) is 5.11. The molecule has 2 aromatic carbocycles.